The predicted molar refractivity (Wildman–Crippen MR) is 121 cm³/mol. The van der Waals surface area contributed by atoms with E-state index in [1.807, 2.05) is 32.9 Å². The summed E-state index contributed by atoms with van der Waals surface area (Å²) in [4.78, 5) is 19.4. The number of nitrogens with two attached hydrogens (primary N) is 1. The minimum absolute atomic E-state index is 0.109. The standard InChI is InChI=1S/C23H37N5O2/c1-17-15-27(19-7-5-18(6-8-19)22(24)25)13-14-28(17)20-9-11-26(12-10-20)16-21(29)30-23(2,3)4/h5-8,17,20H,9-16H2,1-4H3,(H3,24,25). The van der Waals surface area contributed by atoms with Gasteiger partial charge in [-0.3, -0.25) is 20.0 Å². The third kappa shape index (κ3) is 5.95. The summed E-state index contributed by atoms with van der Waals surface area (Å²) in [6.45, 7) is 13.4. The largest absolute Gasteiger partial charge is 0.459 e. The molecular weight excluding hydrogens is 378 g/mol. The minimum Gasteiger partial charge on any atom is -0.459 e. The highest BCUT2D eigenvalue weighted by Gasteiger charge is 2.32. The first-order chi connectivity index (χ1) is 14.1. The van der Waals surface area contributed by atoms with E-state index < -0.39 is 5.60 Å². The smallest absolute Gasteiger partial charge is 0.320 e. The highest BCUT2D eigenvalue weighted by molar-refractivity contribution is 5.95. The van der Waals surface area contributed by atoms with E-state index in [9.17, 15) is 4.79 Å². The number of hydrogen-bond acceptors (Lipinski definition) is 6. The van der Waals surface area contributed by atoms with Crippen LogP contribution in [0.25, 0.3) is 0 Å². The van der Waals surface area contributed by atoms with Gasteiger partial charge in [-0.2, -0.15) is 0 Å². The number of hydrogen-bond donors (Lipinski definition) is 2. The van der Waals surface area contributed by atoms with Crippen molar-refractivity contribution in [3.8, 4) is 0 Å². The Labute approximate surface area is 180 Å². The Morgan fingerprint density at radius 1 is 1.13 bits per heavy atom. The van der Waals surface area contributed by atoms with E-state index in [0.29, 0.717) is 18.6 Å². The van der Waals surface area contributed by atoms with E-state index in [1.54, 1.807) is 0 Å². The van der Waals surface area contributed by atoms with Crippen molar-refractivity contribution in [2.75, 3.05) is 44.2 Å². The van der Waals surface area contributed by atoms with Gasteiger partial charge in [-0.1, -0.05) is 0 Å². The molecule has 7 nitrogen and oxygen atoms in total. The van der Waals surface area contributed by atoms with E-state index in [-0.39, 0.29) is 11.8 Å². The molecule has 30 heavy (non-hydrogen) atoms. The van der Waals surface area contributed by atoms with Gasteiger partial charge in [0.2, 0.25) is 0 Å². The second-order valence-corrected chi connectivity index (χ2v) is 9.59. The molecule has 1 aromatic carbocycles. The first kappa shape index (κ1) is 22.6. The second-order valence-electron chi connectivity index (χ2n) is 9.59. The second kappa shape index (κ2) is 9.35. The lowest BCUT2D eigenvalue weighted by atomic mass is 9.99. The van der Waals surface area contributed by atoms with Crippen molar-refractivity contribution in [3.63, 3.8) is 0 Å². The van der Waals surface area contributed by atoms with Crippen molar-refractivity contribution in [1.29, 1.82) is 5.41 Å². The number of benzene rings is 1. The number of nitrogens with one attached hydrogen (secondary N) is 1. The molecule has 1 unspecified atom stereocenters. The molecule has 0 aromatic heterocycles. The van der Waals surface area contributed by atoms with Crippen LogP contribution in [0.3, 0.4) is 0 Å². The van der Waals surface area contributed by atoms with Crippen molar-refractivity contribution in [1.82, 2.24) is 9.80 Å². The van der Waals surface area contributed by atoms with E-state index >= 15 is 0 Å². The van der Waals surface area contributed by atoms with Gasteiger partial charge in [0, 0.05) is 56.1 Å². The molecule has 2 heterocycles. The normalized spacial score (nSPS) is 22.1. The Morgan fingerprint density at radius 3 is 2.30 bits per heavy atom. The van der Waals surface area contributed by atoms with Gasteiger partial charge in [-0.05, 0) is 64.8 Å². The fourth-order valence-corrected chi connectivity index (χ4v) is 4.57. The van der Waals surface area contributed by atoms with Crippen LogP contribution in [0.15, 0.2) is 24.3 Å². The van der Waals surface area contributed by atoms with Crippen LogP contribution in [-0.2, 0) is 9.53 Å². The van der Waals surface area contributed by atoms with Crippen molar-refractivity contribution in [2.24, 2.45) is 5.73 Å². The number of carbonyl (C=O) groups is 1. The van der Waals surface area contributed by atoms with Gasteiger partial charge in [-0.25, -0.2) is 0 Å². The Morgan fingerprint density at radius 2 is 1.77 bits per heavy atom. The molecule has 0 aliphatic carbocycles. The number of amidine groups is 1. The molecule has 166 valence electrons. The quantitative estimate of drug-likeness (QED) is 0.436. The minimum atomic E-state index is -0.420. The summed E-state index contributed by atoms with van der Waals surface area (Å²) in [5, 5.41) is 7.54. The Balaban J connectivity index is 1.47. The number of carbonyl (C=O) groups excluding carboxylic acids is 1. The number of piperazine rings is 1. The van der Waals surface area contributed by atoms with Crippen LogP contribution in [0.2, 0.25) is 0 Å². The summed E-state index contributed by atoms with van der Waals surface area (Å²) in [5.41, 5.74) is 7.10. The molecule has 3 rings (SSSR count). The summed E-state index contributed by atoms with van der Waals surface area (Å²) in [5.74, 6) is -0.0172. The number of anilines is 1. The van der Waals surface area contributed by atoms with Crippen molar-refractivity contribution < 1.29 is 9.53 Å². The van der Waals surface area contributed by atoms with E-state index in [0.717, 1.165) is 51.1 Å². The third-order valence-corrected chi connectivity index (χ3v) is 6.02. The Hall–Kier alpha value is -2.12. The van der Waals surface area contributed by atoms with Crippen molar-refractivity contribution >= 4 is 17.5 Å². The van der Waals surface area contributed by atoms with Crippen LogP contribution in [0, 0.1) is 5.41 Å². The maximum Gasteiger partial charge on any atom is 0.320 e. The van der Waals surface area contributed by atoms with Gasteiger partial charge in [0.1, 0.15) is 11.4 Å². The first-order valence-electron chi connectivity index (χ1n) is 11.0. The van der Waals surface area contributed by atoms with E-state index in [1.165, 1.54) is 5.69 Å². The van der Waals surface area contributed by atoms with Crippen LogP contribution in [-0.4, -0.2) is 78.6 Å². The summed E-state index contributed by atoms with van der Waals surface area (Å²) < 4.78 is 5.46. The number of piperidine rings is 1. The van der Waals surface area contributed by atoms with Gasteiger partial charge in [0.05, 0.1) is 6.54 Å². The maximum absolute atomic E-state index is 12.1. The molecule has 0 radical (unpaired) electrons. The molecule has 2 fully saturated rings. The molecule has 2 aliphatic heterocycles. The SMILES string of the molecule is CC1CN(c2ccc(C(=N)N)cc2)CCN1C1CCN(CC(=O)OC(C)(C)C)CC1. The molecule has 0 bridgehead atoms. The number of esters is 1. The summed E-state index contributed by atoms with van der Waals surface area (Å²) in [6.07, 6.45) is 2.20. The van der Waals surface area contributed by atoms with E-state index in [4.69, 9.17) is 15.9 Å². The van der Waals surface area contributed by atoms with Crippen molar-refractivity contribution in [3.05, 3.63) is 29.8 Å². The highest BCUT2D eigenvalue weighted by atomic mass is 16.6. The summed E-state index contributed by atoms with van der Waals surface area (Å²) >= 11 is 0. The fourth-order valence-electron chi connectivity index (χ4n) is 4.57. The lowest BCUT2D eigenvalue weighted by molar-refractivity contribution is -0.156. The number of nitrogen functional groups attached to an aromatic ring is 1. The lowest BCUT2D eigenvalue weighted by Gasteiger charge is -2.47. The van der Waals surface area contributed by atoms with Crippen LogP contribution >= 0.6 is 0 Å². The van der Waals surface area contributed by atoms with Gasteiger partial charge in [-0.15, -0.1) is 0 Å². The number of likely N-dealkylation sites (tertiary alicyclic amines) is 1. The van der Waals surface area contributed by atoms with Gasteiger partial charge in [0.25, 0.3) is 0 Å². The van der Waals surface area contributed by atoms with Crippen LogP contribution in [0.5, 0.6) is 0 Å². The predicted octanol–water partition coefficient (Wildman–Crippen LogP) is 2.29. The average molecular weight is 416 g/mol. The zero-order valence-electron chi connectivity index (χ0n) is 18.9. The van der Waals surface area contributed by atoms with Crippen LogP contribution < -0.4 is 10.6 Å². The van der Waals surface area contributed by atoms with E-state index in [2.05, 4.69) is 33.8 Å². The monoisotopic (exact) mass is 415 g/mol. The topological polar surface area (TPSA) is 85.9 Å². The number of nitrogens with zero attached hydrogens (tertiary/aromatic N) is 3. The third-order valence-electron chi connectivity index (χ3n) is 6.02. The molecular formula is C23H37N5O2. The zero-order valence-corrected chi connectivity index (χ0v) is 18.9. The average Bonchev–Trinajstić information content (AvgIpc) is 2.67. The molecule has 0 amide bonds. The number of rotatable bonds is 5. The highest BCUT2D eigenvalue weighted by Crippen LogP contribution is 2.25. The molecule has 1 aromatic rings. The van der Waals surface area contributed by atoms with Crippen LogP contribution in [0.1, 0.15) is 46.1 Å². The van der Waals surface area contributed by atoms with Crippen molar-refractivity contribution in [2.45, 2.75) is 58.2 Å². The maximum atomic E-state index is 12.1. The molecule has 7 heteroatoms. The zero-order chi connectivity index (χ0) is 21.9. The summed E-state index contributed by atoms with van der Waals surface area (Å²) in [7, 11) is 0. The Kier molecular flexibility index (Phi) is 7.03. The molecule has 3 N–H and O–H groups in total. The first-order valence-corrected chi connectivity index (χ1v) is 11.0. The summed E-state index contributed by atoms with van der Waals surface area (Å²) in [6, 6.07) is 9.04. The molecule has 0 spiro atoms. The molecule has 1 atom stereocenters. The fraction of sp³-hybridized carbons (Fsp3) is 0.652. The molecule has 2 aliphatic rings. The van der Waals surface area contributed by atoms with Crippen LogP contribution in [0.4, 0.5) is 5.69 Å². The van der Waals surface area contributed by atoms with Gasteiger partial charge < -0.3 is 15.4 Å². The number of ether oxygens (including phenoxy) is 1. The lowest BCUT2D eigenvalue weighted by Crippen LogP contribution is -2.57. The Bertz CT molecular complexity index is 735. The van der Waals surface area contributed by atoms with Gasteiger partial charge >= 0.3 is 5.97 Å². The van der Waals surface area contributed by atoms with Gasteiger partial charge in [0.15, 0.2) is 0 Å². The molecule has 0 saturated carbocycles. The molecule has 2 saturated heterocycles.